The van der Waals surface area contributed by atoms with E-state index in [0.717, 1.165) is 0 Å². The fourth-order valence-electron chi connectivity index (χ4n) is 1.46. The molecule has 0 aliphatic rings. The maximum absolute atomic E-state index is 11.9. The van der Waals surface area contributed by atoms with Crippen LogP contribution < -0.4 is 15.8 Å². The van der Waals surface area contributed by atoms with Crippen LogP contribution in [-0.2, 0) is 0 Å². The largest absolute Gasteiger partial charge is 0.497 e. The average Bonchev–Trinajstić information content (AvgIpc) is 2.36. The third-order valence-electron chi connectivity index (χ3n) is 2.39. The number of likely N-dealkylation sites (N-methyl/N-ethyl adjacent to an activating group) is 1. The van der Waals surface area contributed by atoms with Crippen LogP contribution in [0.4, 0.5) is 10.5 Å². The molecular formula is C12H19N3O2. The first-order valence-electron chi connectivity index (χ1n) is 5.61. The van der Waals surface area contributed by atoms with E-state index in [2.05, 4.69) is 5.32 Å². The van der Waals surface area contributed by atoms with Gasteiger partial charge in [0, 0.05) is 31.4 Å². The van der Waals surface area contributed by atoms with Crippen LogP contribution >= 0.6 is 0 Å². The second-order valence-electron chi connectivity index (χ2n) is 3.53. The van der Waals surface area contributed by atoms with Crippen LogP contribution in [0.2, 0.25) is 0 Å². The zero-order valence-corrected chi connectivity index (χ0v) is 10.3. The van der Waals surface area contributed by atoms with Gasteiger partial charge in [-0.2, -0.15) is 0 Å². The fourth-order valence-corrected chi connectivity index (χ4v) is 1.46. The predicted molar refractivity (Wildman–Crippen MR) is 68.3 cm³/mol. The van der Waals surface area contributed by atoms with Crippen molar-refractivity contribution in [2.24, 2.45) is 5.73 Å². The van der Waals surface area contributed by atoms with E-state index in [4.69, 9.17) is 10.5 Å². The lowest BCUT2D eigenvalue weighted by Gasteiger charge is -2.20. The number of carbonyl (C=O) groups excluding carboxylic acids is 1. The summed E-state index contributed by atoms with van der Waals surface area (Å²) < 4.78 is 5.09. The Morgan fingerprint density at radius 3 is 2.88 bits per heavy atom. The normalized spacial score (nSPS) is 9.82. The fraction of sp³-hybridized carbons (Fsp3) is 0.417. The predicted octanol–water partition coefficient (Wildman–Crippen LogP) is 1.51. The van der Waals surface area contributed by atoms with Gasteiger partial charge in [0.15, 0.2) is 0 Å². The molecule has 0 saturated carbocycles. The summed E-state index contributed by atoms with van der Waals surface area (Å²) in [7, 11) is 1.59. The highest BCUT2D eigenvalue weighted by Gasteiger charge is 2.10. The standard InChI is InChI=1S/C12H19N3O2/c1-3-15(8-7-13)12(16)14-10-5-4-6-11(9-10)17-2/h4-6,9H,3,7-8,13H2,1-2H3,(H,14,16). The van der Waals surface area contributed by atoms with E-state index in [1.54, 1.807) is 18.1 Å². The summed E-state index contributed by atoms with van der Waals surface area (Å²) in [6.45, 7) is 3.56. The molecule has 0 aromatic heterocycles. The molecule has 0 fully saturated rings. The Hall–Kier alpha value is -1.75. The van der Waals surface area contributed by atoms with Crippen molar-refractivity contribution in [2.75, 3.05) is 32.1 Å². The van der Waals surface area contributed by atoms with Crippen LogP contribution in [0, 0.1) is 0 Å². The van der Waals surface area contributed by atoms with Gasteiger partial charge in [0.05, 0.1) is 7.11 Å². The quantitative estimate of drug-likeness (QED) is 0.815. The molecule has 0 spiro atoms. The Kier molecular flexibility index (Phi) is 5.29. The van der Waals surface area contributed by atoms with E-state index in [0.29, 0.717) is 31.1 Å². The molecule has 0 aliphatic carbocycles. The van der Waals surface area contributed by atoms with Gasteiger partial charge in [0.1, 0.15) is 5.75 Å². The van der Waals surface area contributed by atoms with E-state index in [-0.39, 0.29) is 6.03 Å². The molecule has 3 N–H and O–H groups in total. The molecule has 94 valence electrons. The summed E-state index contributed by atoms with van der Waals surface area (Å²) in [5.74, 6) is 0.713. The van der Waals surface area contributed by atoms with Crippen LogP contribution in [0.25, 0.3) is 0 Å². The summed E-state index contributed by atoms with van der Waals surface area (Å²) in [5, 5.41) is 2.80. The van der Waals surface area contributed by atoms with Crippen LogP contribution in [0.15, 0.2) is 24.3 Å². The van der Waals surface area contributed by atoms with E-state index in [1.807, 2.05) is 25.1 Å². The van der Waals surface area contributed by atoms with Gasteiger partial charge >= 0.3 is 6.03 Å². The van der Waals surface area contributed by atoms with Gasteiger partial charge in [-0.25, -0.2) is 4.79 Å². The molecule has 1 aromatic carbocycles. The monoisotopic (exact) mass is 237 g/mol. The first kappa shape index (κ1) is 13.3. The van der Waals surface area contributed by atoms with Crippen molar-refractivity contribution >= 4 is 11.7 Å². The zero-order valence-electron chi connectivity index (χ0n) is 10.3. The SMILES string of the molecule is CCN(CCN)C(=O)Nc1cccc(OC)c1. The third kappa shape index (κ3) is 3.96. The first-order valence-corrected chi connectivity index (χ1v) is 5.61. The molecule has 0 atom stereocenters. The van der Waals surface area contributed by atoms with Crippen LogP contribution in [0.5, 0.6) is 5.75 Å². The smallest absolute Gasteiger partial charge is 0.321 e. The Morgan fingerprint density at radius 2 is 2.29 bits per heavy atom. The second kappa shape index (κ2) is 6.75. The van der Waals surface area contributed by atoms with Gasteiger partial charge in [-0.05, 0) is 19.1 Å². The van der Waals surface area contributed by atoms with E-state index < -0.39 is 0 Å². The van der Waals surface area contributed by atoms with Gasteiger partial charge in [0.2, 0.25) is 0 Å². The van der Waals surface area contributed by atoms with Gasteiger partial charge in [-0.3, -0.25) is 0 Å². The maximum Gasteiger partial charge on any atom is 0.321 e. The number of nitrogens with one attached hydrogen (secondary N) is 1. The van der Waals surface area contributed by atoms with E-state index in [1.165, 1.54) is 0 Å². The van der Waals surface area contributed by atoms with Crippen molar-refractivity contribution in [1.82, 2.24) is 4.90 Å². The number of anilines is 1. The lowest BCUT2D eigenvalue weighted by Crippen LogP contribution is -2.38. The first-order chi connectivity index (χ1) is 8.21. The molecule has 0 heterocycles. The molecule has 1 rings (SSSR count). The molecule has 2 amide bonds. The molecule has 1 aromatic rings. The molecule has 5 heteroatoms. The highest BCUT2D eigenvalue weighted by Crippen LogP contribution is 2.16. The van der Waals surface area contributed by atoms with Crippen molar-refractivity contribution < 1.29 is 9.53 Å². The summed E-state index contributed by atoms with van der Waals surface area (Å²) in [6.07, 6.45) is 0. The van der Waals surface area contributed by atoms with Gasteiger partial charge in [-0.1, -0.05) is 6.07 Å². The average molecular weight is 237 g/mol. The molecular weight excluding hydrogens is 218 g/mol. The number of hydrogen-bond acceptors (Lipinski definition) is 3. The van der Waals surface area contributed by atoms with Crippen molar-refractivity contribution in [3.8, 4) is 5.75 Å². The lowest BCUT2D eigenvalue weighted by molar-refractivity contribution is 0.216. The molecule has 0 bridgehead atoms. The Labute approximate surface area is 102 Å². The molecule has 0 saturated heterocycles. The number of nitrogens with zero attached hydrogens (tertiary/aromatic N) is 1. The van der Waals surface area contributed by atoms with Crippen molar-refractivity contribution in [2.45, 2.75) is 6.92 Å². The number of carbonyl (C=O) groups is 1. The number of methoxy groups -OCH3 is 1. The van der Waals surface area contributed by atoms with Crippen LogP contribution in [-0.4, -0.2) is 37.7 Å². The lowest BCUT2D eigenvalue weighted by atomic mass is 10.3. The number of amides is 2. The van der Waals surface area contributed by atoms with Crippen LogP contribution in [0.1, 0.15) is 6.92 Å². The van der Waals surface area contributed by atoms with E-state index >= 15 is 0 Å². The minimum absolute atomic E-state index is 0.147. The van der Waals surface area contributed by atoms with Crippen LogP contribution in [0.3, 0.4) is 0 Å². The number of urea groups is 1. The van der Waals surface area contributed by atoms with Gasteiger partial charge < -0.3 is 20.7 Å². The van der Waals surface area contributed by atoms with Crippen molar-refractivity contribution in [1.29, 1.82) is 0 Å². The summed E-state index contributed by atoms with van der Waals surface area (Å²) in [6, 6.07) is 7.09. The topological polar surface area (TPSA) is 67.6 Å². The molecule has 0 aliphatic heterocycles. The molecule has 0 radical (unpaired) electrons. The number of rotatable bonds is 5. The minimum atomic E-state index is -0.147. The minimum Gasteiger partial charge on any atom is -0.497 e. The number of nitrogens with two attached hydrogens (primary N) is 1. The van der Waals surface area contributed by atoms with E-state index in [9.17, 15) is 4.79 Å². The molecule has 0 unspecified atom stereocenters. The Morgan fingerprint density at radius 1 is 1.53 bits per heavy atom. The van der Waals surface area contributed by atoms with Gasteiger partial charge in [0.25, 0.3) is 0 Å². The Balaban J connectivity index is 2.65. The number of benzene rings is 1. The highest BCUT2D eigenvalue weighted by atomic mass is 16.5. The van der Waals surface area contributed by atoms with Crippen molar-refractivity contribution in [3.05, 3.63) is 24.3 Å². The number of hydrogen-bond donors (Lipinski definition) is 2. The maximum atomic E-state index is 11.9. The third-order valence-corrected chi connectivity index (χ3v) is 2.39. The van der Waals surface area contributed by atoms with Gasteiger partial charge in [-0.15, -0.1) is 0 Å². The summed E-state index contributed by atoms with van der Waals surface area (Å²) in [5.41, 5.74) is 6.15. The molecule has 5 nitrogen and oxygen atoms in total. The van der Waals surface area contributed by atoms with Crippen molar-refractivity contribution in [3.63, 3.8) is 0 Å². The Bertz CT molecular complexity index is 369. The summed E-state index contributed by atoms with van der Waals surface area (Å²) >= 11 is 0. The number of ether oxygens (including phenoxy) is 1. The second-order valence-corrected chi connectivity index (χ2v) is 3.53. The molecule has 17 heavy (non-hydrogen) atoms. The highest BCUT2D eigenvalue weighted by molar-refractivity contribution is 5.89. The summed E-state index contributed by atoms with van der Waals surface area (Å²) in [4.78, 5) is 13.5. The zero-order chi connectivity index (χ0) is 12.7.